The molecule has 0 spiro atoms. The van der Waals surface area contributed by atoms with E-state index in [-0.39, 0.29) is 12.0 Å². The fraction of sp³-hybridized carbons (Fsp3) is 0.417. The molecular weight excluding hydrogens is 332 g/mol. The molecule has 2 aromatic rings. The third-order valence-electron chi connectivity index (χ3n) is 5.28. The second-order valence-electron chi connectivity index (χ2n) is 8.46. The van der Waals surface area contributed by atoms with Crippen LogP contribution in [0.5, 0.6) is 0 Å². The molecule has 146 valence electrons. The van der Waals surface area contributed by atoms with Crippen LogP contribution in [0.3, 0.4) is 0 Å². The SMILES string of the molecule is C=CCN(Cc1cccn1Cc1ccc(C(C)(C)C)cc1)[C@@](C)(C=C)CO. The summed E-state index contributed by atoms with van der Waals surface area (Å²) in [7, 11) is 0. The van der Waals surface area contributed by atoms with Gasteiger partial charge in [0.05, 0.1) is 12.1 Å². The van der Waals surface area contributed by atoms with Crippen molar-refractivity contribution in [1.82, 2.24) is 9.47 Å². The highest BCUT2D eigenvalue weighted by Gasteiger charge is 2.27. The lowest BCUT2D eigenvalue weighted by atomic mass is 9.87. The highest BCUT2D eigenvalue weighted by Crippen LogP contribution is 2.23. The van der Waals surface area contributed by atoms with Crippen molar-refractivity contribution >= 4 is 0 Å². The van der Waals surface area contributed by atoms with E-state index in [9.17, 15) is 5.11 Å². The fourth-order valence-electron chi connectivity index (χ4n) is 3.15. The largest absolute Gasteiger partial charge is 0.394 e. The normalized spacial score (nSPS) is 14.1. The molecule has 27 heavy (non-hydrogen) atoms. The molecule has 0 aliphatic rings. The number of aliphatic hydroxyl groups excluding tert-OH is 1. The van der Waals surface area contributed by atoms with Gasteiger partial charge in [-0.15, -0.1) is 13.2 Å². The maximum atomic E-state index is 9.85. The summed E-state index contributed by atoms with van der Waals surface area (Å²) in [5.74, 6) is 0. The van der Waals surface area contributed by atoms with Crippen LogP contribution in [-0.2, 0) is 18.5 Å². The molecule has 0 fully saturated rings. The summed E-state index contributed by atoms with van der Waals surface area (Å²) in [6.07, 6.45) is 5.80. The Morgan fingerprint density at radius 3 is 2.26 bits per heavy atom. The molecule has 0 aliphatic carbocycles. The topological polar surface area (TPSA) is 28.4 Å². The van der Waals surface area contributed by atoms with Crippen LogP contribution in [-0.4, -0.2) is 33.3 Å². The van der Waals surface area contributed by atoms with Crippen molar-refractivity contribution in [2.24, 2.45) is 0 Å². The van der Waals surface area contributed by atoms with Gasteiger partial charge in [0.2, 0.25) is 0 Å². The monoisotopic (exact) mass is 366 g/mol. The Morgan fingerprint density at radius 2 is 1.74 bits per heavy atom. The first kappa shape index (κ1) is 21.2. The van der Waals surface area contributed by atoms with Crippen molar-refractivity contribution in [2.45, 2.75) is 51.7 Å². The lowest BCUT2D eigenvalue weighted by molar-refractivity contribution is 0.0814. The number of hydrogen-bond donors (Lipinski definition) is 1. The zero-order valence-corrected chi connectivity index (χ0v) is 17.3. The number of benzene rings is 1. The van der Waals surface area contributed by atoms with E-state index < -0.39 is 5.54 Å². The van der Waals surface area contributed by atoms with Crippen LogP contribution in [0.25, 0.3) is 0 Å². The number of aliphatic hydroxyl groups is 1. The first-order chi connectivity index (χ1) is 12.7. The number of hydrogen-bond acceptors (Lipinski definition) is 2. The Morgan fingerprint density at radius 1 is 1.07 bits per heavy atom. The number of nitrogens with zero attached hydrogens (tertiary/aromatic N) is 2. The van der Waals surface area contributed by atoms with E-state index in [0.717, 1.165) is 13.1 Å². The van der Waals surface area contributed by atoms with Crippen LogP contribution in [0.15, 0.2) is 67.9 Å². The van der Waals surface area contributed by atoms with Gasteiger partial charge in [-0.3, -0.25) is 4.90 Å². The van der Waals surface area contributed by atoms with Gasteiger partial charge < -0.3 is 9.67 Å². The standard InChI is InChI=1S/C24H34N2O/c1-7-15-26(24(6,8-2)19-27)18-22-10-9-16-25(22)17-20-11-13-21(14-12-20)23(3,4)5/h7-14,16,27H,1-2,15,17-19H2,3-6H3/t24-/m0/s1. The summed E-state index contributed by atoms with van der Waals surface area (Å²) in [6, 6.07) is 13.1. The van der Waals surface area contributed by atoms with E-state index in [1.807, 2.05) is 19.1 Å². The summed E-state index contributed by atoms with van der Waals surface area (Å²) in [5, 5.41) is 9.85. The molecule has 1 atom stereocenters. The fourth-order valence-corrected chi connectivity index (χ4v) is 3.15. The molecule has 1 N–H and O–H groups in total. The Kier molecular flexibility index (Phi) is 6.85. The molecular formula is C24H34N2O. The molecule has 3 nitrogen and oxygen atoms in total. The predicted octanol–water partition coefficient (Wildman–Crippen LogP) is 4.76. The molecule has 0 saturated carbocycles. The second-order valence-corrected chi connectivity index (χ2v) is 8.46. The molecule has 1 heterocycles. The summed E-state index contributed by atoms with van der Waals surface area (Å²) in [5.41, 5.74) is 3.53. The first-order valence-electron chi connectivity index (χ1n) is 9.57. The summed E-state index contributed by atoms with van der Waals surface area (Å²) in [4.78, 5) is 2.20. The van der Waals surface area contributed by atoms with Gasteiger partial charge in [-0.1, -0.05) is 57.2 Å². The molecule has 0 saturated heterocycles. The molecule has 1 aromatic heterocycles. The van der Waals surface area contributed by atoms with Gasteiger partial charge in [0.1, 0.15) is 0 Å². The summed E-state index contributed by atoms with van der Waals surface area (Å²) in [6.45, 7) is 18.8. The van der Waals surface area contributed by atoms with Gasteiger partial charge in [-0.05, 0) is 35.6 Å². The highest BCUT2D eigenvalue weighted by molar-refractivity contribution is 5.28. The molecule has 0 aliphatic heterocycles. The molecule has 0 unspecified atom stereocenters. The van der Waals surface area contributed by atoms with Crippen molar-refractivity contribution < 1.29 is 5.11 Å². The number of rotatable bonds is 9. The molecule has 0 amide bonds. The summed E-state index contributed by atoms with van der Waals surface area (Å²) >= 11 is 0. The predicted molar refractivity (Wildman–Crippen MR) is 115 cm³/mol. The molecule has 0 bridgehead atoms. The van der Waals surface area contributed by atoms with Gasteiger partial charge >= 0.3 is 0 Å². The maximum Gasteiger partial charge on any atom is 0.0648 e. The Hall–Kier alpha value is -2.10. The van der Waals surface area contributed by atoms with Crippen molar-refractivity contribution in [1.29, 1.82) is 0 Å². The van der Waals surface area contributed by atoms with Gasteiger partial charge in [0.25, 0.3) is 0 Å². The lowest BCUT2D eigenvalue weighted by Crippen LogP contribution is -2.47. The average Bonchev–Trinajstić information content (AvgIpc) is 3.07. The molecule has 1 aromatic carbocycles. The van der Waals surface area contributed by atoms with E-state index in [1.54, 1.807) is 0 Å². The van der Waals surface area contributed by atoms with E-state index in [2.05, 4.69) is 86.0 Å². The van der Waals surface area contributed by atoms with Gasteiger partial charge in [0.15, 0.2) is 0 Å². The first-order valence-corrected chi connectivity index (χ1v) is 9.57. The highest BCUT2D eigenvalue weighted by atomic mass is 16.3. The van der Waals surface area contributed by atoms with Crippen LogP contribution >= 0.6 is 0 Å². The smallest absolute Gasteiger partial charge is 0.0648 e. The third kappa shape index (κ3) is 5.21. The minimum absolute atomic E-state index is 0.0271. The van der Waals surface area contributed by atoms with Crippen molar-refractivity contribution in [3.63, 3.8) is 0 Å². The lowest BCUT2D eigenvalue weighted by Gasteiger charge is -2.37. The zero-order valence-electron chi connectivity index (χ0n) is 17.3. The second kappa shape index (κ2) is 8.73. The average molecular weight is 367 g/mol. The Labute approximate surface area is 164 Å². The maximum absolute atomic E-state index is 9.85. The minimum Gasteiger partial charge on any atom is -0.394 e. The van der Waals surface area contributed by atoms with Crippen molar-refractivity contribution in [2.75, 3.05) is 13.2 Å². The van der Waals surface area contributed by atoms with E-state index >= 15 is 0 Å². The quantitative estimate of drug-likeness (QED) is 0.648. The zero-order chi connectivity index (χ0) is 20.1. The Balaban J connectivity index is 2.19. The third-order valence-corrected chi connectivity index (χ3v) is 5.28. The van der Waals surface area contributed by atoms with Crippen molar-refractivity contribution in [3.8, 4) is 0 Å². The van der Waals surface area contributed by atoms with Crippen LogP contribution in [0.4, 0.5) is 0 Å². The van der Waals surface area contributed by atoms with Crippen molar-refractivity contribution in [3.05, 3.63) is 84.7 Å². The van der Waals surface area contributed by atoms with Crippen LogP contribution in [0.1, 0.15) is 44.5 Å². The Bertz CT molecular complexity index is 751. The van der Waals surface area contributed by atoms with Gasteiger partial charge in [-0.2, -0.15) is 0 Å². The van der Waals surface area contributed by atoms with Gasteiger partial charge in [0, 0.05) is 31.5 Å². The van der Waals surface area contributed by atoms with E-state index in [0.29, 0.717) is 6.54 Å². The number of aromatic nitrogens is 1. The molecule has 3 heteroatoms. The van der Waals surface area contributed by atoms with E-state index in [1.165, 1.54) is 16.8 Å². The van der Waals surface area contributed by atoms with Gasteiger partial charge in [-0.25, -0.2) is 0 Å². The molecule has 2 rings (SSSR count). The minimum atomic E-state index is -0.475. The van der Waals surface area contributed by atoms with Crippen LogP contribution in [0.2, 0.25) is 0 Å². The molecule has 0 radical (unpaired) electrons. The summed E-state index contributed by atoms with van der Waals surface area (Å²) < 4.78 is 2.27. The van der Waals surface area contributed by atoms with Crippen LogP contribution in [0, 0.1) is 0 Å². The van der Waals surface area contributed by atoms with Crippen LogP contribution < -0.4 is 0 Å². The van der Waals surface area contributed by atoms with E-state index in [4.69, 9.17) is 0 Å².